The number of carbonyl (C=O) groups is 2. The summed E-state index contributed by atoms with van der Waals surface area (Å²) in [5.41, 5.74) is 1.52. The van der Waals surface area contributed by atoms with Crippen molar-refractivity contribution in [3.8, 4) is 5.75 Å². The fraction of sp³-hybridized carbons (Fsp3) is 0.467. The Bertz CT molecular complexity index is 514. The van der Waals surface area contributed by atoms with Crippen LogP contribution in [0.2, 0.25) is 0 Å². The summed E-state index contributed by atoms with van der Waals surface area (Å²) in [6.07, 6.45) is 2.42. The third kappa shape index (κ3) is 3.50. The Labute approximate surface area is 118 Å². The van der Waals surface area contributed by atoms with Crippen molar-refractivity contribution in [2.45, 2.75) is 26.2 Å². The summed E-state index contributed by atoms with van der Waals surface area (Å²) in [5.74, 6) is 0.572. The minimum Gasteiger partial charge on any atom is -0.482 e. The van der Waals surface area contributed by atoms with Crippen LogP contribution in [0.4, 0.5) is 5.69 Å². The predicted molar refractivity (Wildman–Crippen MR) is 76.8 cm³/mol. The lowest BCUT2D eigenvalue weighted by atomic mass is 10.1. The summed E-state index contributed by atoms with van der Waals surface area (Å²) in [6.45, 7) is 2.93. The number of fused-ring (bicyclic) bond motifs is 1. The number of amides is 2. The third-order valence-corrected chi connectivity index (χ3v) is 3.31. The van der Waals surface area contributed by atoms with Crippen LogP contribution in [0.15, 0.2) is 18.2 Å². The number of rotatable bonds is 5. The first-order chi connectivity index (χ1) is 9.60. The minimum atomic E-state index is -0.166. The van der Waals surface area contributed by atoms with E-state index < -0.39 is 0 Å². The lowest BCUT2D eigenvalue weighted by Gasteiger charge is -2.20. The van der Waals surface area contributed by atoms with Crippen LogP contribution in [0.1, 0.15) is 25.3 Å². The van der Waals surface area contributed by atoms with Gasteiger partial charge in [0.25, 0.3) is 5.91 Å². The van der Waals surface area contributed by atoms with Crippen LogP contribution >= 0.6 is 0 Å². The Kier molecular flexibility index (Phi) is 4.61. The largest absolute Gasteiger partial charge is 0.482 e. The van der Waals surface area contributed by atoms with E-state index in [1.165, 1.54) is 0 Å². The Balaban J connectivity index is 2.01. The molecule has 0 radical (unpaired) electrons. The zero-order valence-corrected chi connectivity index (χ0v) is 11.9. The van der Waals surface area contributed by atoms with Crippen LogP contribution in [0, 0.1) is 0 Å². The van der Waals surface area contributed by atoms with Gasteiger partial charge in [0.15, 0.2) is 6.61 Å². The van der Waals surface area contributed by atoms with Gasteiger partial charge in [-0.2, -0.15) is 0 Å². The fourth-order valence-electron chi connectivity index (χ4n) is 2.07. The van der Waals surface area contributed by atoms with E-state index in [0.29, 0.717) is 17.9 Å². The second-order valence-electron chi connectivity index (χ2n) is 5.01. The molecular weight excluding hydrogens is 256 g/mol. The van der Waals surface area contributed by atoms with Crippen LogP contribution < -0.4 is 10.1 Å². The summed E-state index contributed by atoms with van der Waals surface area (Å²) in [7, 11) is 1.82. The molecule has 1 aromatic rings. The van der Waals surface area contributed by atoms with Gasteiger partial charge in [-0.1, -0.05) is 19.4 Å². The summed E-state index contributed by atoms with van der Waals surface area (Å²) < 4.78 is 5.29. The normalized spacial score (nSPS) is 13.2. The molecule has 20 heavy (non-hydrogen) atoms. The van der Waals surface area contributed by atoms with Crippen molar-refractivity contribution in [3.63, 3.8) is 0 Å². The van der Waals surface area contributed by atoms with Crippen molar-refractivity contribution in [1.29, 1.82) is 0 Å². The molecule has 0 fully saturated rings. The van der Waals surface area contributed by atoms with Crippen LogP contribution in [0.5, 0.6) is 5.75 Å². The van der Waals surface area contributed by atoms with E-state index in [9.17, 15) is 9.59 Å². The lowest BCUT2D eigenvalue weighted by molar-refractivity contribution is -0.129. The zero-order valence-electron chi connectivity index (χ0n) is 11.9. The summed E-state index contributed by atoms with van der Waals surface area (Å²) in [6, 6.07) is 5.46. The van der Waals surface area contributed by atoms with E-state index in [-0.39, 0.29) is 18.4 Å². The van der Waals surface area contributed by atoms with Crippen molar-refractivity contribution < 1.29 is 14.3 Å². The maximum absolute atomic E-state index is 12.1. The number of ether oxygens (including phenoxy) is 1. The van der Waals surface area contributed by atoms with E-state index in [1.807, 2.05) is 13.1 Å². The molecule has 108 valence electrons. The number of hydrogen-bond acceptors (Lipinski definition) is 3. The topological polar surface area (TPSA) is 58.6 Å². The molecule has 0 aliphatic carbocycles. The van der Waals surface area contributed by atoms with Crippen LogP contribution in [-0.2, 0) is 16.0 Å². The molecule has 2 amide bonds. The van der Waals surface area contributed by atoms with E-state index >= 15 is 0 Å². The van der Waals surface area contributed by atoms with Gasteiger partial charge in [-0.25, -0.2) is 0 Å². The first-order valence-electron chi connectivity index (χ1n) is 6.89. The second-order valence-corrected chi connectivity index (χ2v) is 5.01. The molecule has 1 heterocycles. The predicted octanol–water partition coefficient (Wildman–Crippen LogP) is 1.82. The molecule has 5 nitrogen and oxygen atoms in total. The molecule has 0 bridgehead atoms. The first kappa shape index (κ1) is 14.4. The smallest absolute Gasteiger partial charge is 0.262 e. The lowest BCUT2D eigenvalue weighted by Crippen LogP contribution is -2.29. The molecule has 1 N–H and O–H groups in total. The minimum absolute atomic E-state index is 0.0467. The third-order valence-electron chi connectivity index (χ3n) is 3.31. The molecule has 0 saturated carbocycles. The van der Waals surface area contributed by atoms with Crippen molar-refractivity contribution in [3.05, 3.63) is 23.8 Å². The maximum Gasteiger partial charge on any atom is 0.262 e. The standard InChI is InChI=1S/C15H20N2O3/c1-3-4-7-17(2)15(19)9-11-5-6-13-12(8-11)16-14(18)10-20-13/h5-6,8H,3-4,7,9-10H2,1-2H3,(H,16,18). The van der Waals surface area contributed by atoms with E-state index in [1.54, 1.807) is 17.0 Å². The number of nitrogens with one attached hydrogen (secondary N) is 1. The number of hydrogen-bond donors (Lipinski definition) is 1. The Morgan fingerprint density at radius 2 is 2.25 bits per heavy atom. The highest BCUT2D eigenvalue weighted by Crippen LogP contribution is 2.28. The van der Waals surface area contributed by atoms with Gasteiger partial charge in [-0.05, 0) is 24.1 Å². The summed E-state index contributed by atoms with van der Waals surface area (Å²) >= 11 is 0. The molecule has 1 aliphatic rings. The number of nitrogens with zero attached hydrogens (tertiary/aromatic N) is 1. The van der Waals surface area contributed by atoms with Crippen molar-refractivity contribution >= 4 is 17.5 Å². The molecule has 1 aliphatic heterocycles. The summed E-state index contributed by atoms with van der Waals surface area (Å²) in [4.78, 5) is 25.1. The number of likely N-dealkylation sites (N-methyl/N-ethyl adjacent to an activating group) is 1. The molecule has 0 saturated heterocycles. The fourth-order valence-corrected chi connectivity index (χ4v) is 2.07. The molecular formula is C15H20N2O3. The SMILES string of the molecule is CCCCN(C)C(=O)Cc1ccc2c(c1)NC(=O)CO2. The van der Waals surface area contributed by atoms with Gasteiger partial charge in [-0.15, -0.1) is 0 Å². The average Bonchev–Trinajstić information content (AvgIpc) is 2.44. The molecule has 2 rings (SSSR count). The van der Waals surface area contributed by atoms with Gasteiger partial charge in [0.1, 0.15) is 5.75 Å². The molecule has 0 aromatic heterocycles. The van der Waals surface area contributed by atoms with Gasteiger partial charge < -0.3 is 15.0 Å². The van der Waals surface area contributed by atoms with Crippen molar-refractivity contribution in [1.82, 2.24) is 4.90 Å². The average molecular weight is 276 g/mol. The van der Waals surface area contributed by atoms with Crippen LogP contribution in [0.25, 0.3) is 0 Å². The molecule has 0 spiro atoms. The zero-order chi connectivity index (χ0) is 14.5. The van der Waals surface area contributed by atoms with Crippen molar-refractivity contribution in [2.24, 2.45) is 0 Å². The Morgan fingerprint density at radius 3 is 3.00 bits per heavy atom. The Hall–Kier alpha value is -2.04. The number of carbonyl (C=O) groups excluding carboxylic acids is 2. The van der Waals surface area contributed by atoms with E-state index in [2.05, 4.69) is 12.2 Å². The van der Waals surface area contributed by atoms with Crippen LogP contribution in [-0.4, -0.2) is 36.9 Å². The number of benzene rings is 1. The highest BCUT2D eigenvalue weighted by molar-refractivity contribution is 5.95. The number of anilines is 1. The summed E-state index contributed by atoms with van der Waals surface area (Å²) in [5, 5.41) is 2.75. The molecule has 0 unspecified atom stereocenters. The first-order valence-corrected chi connectivity index (χ1v) is 6.89. The number of unbranched alkanes of at least 4 members (excludes halogenated alkanes) is 1. The van der Waals surface area contributed by atoms with Gasteiger partial charge in [0.2, 0.25) is 5.91 Å². The molecule has 0 atom stereocenters. The monoisotopic (exact) mass is 276 g/mol. The van der Waals surface area contributed by atoms with Crippen LogP contribution in [0.3, 0.4) is 0 Å². The van der Waals surface area contributed by atoms with E-state index in [4.69, 9.17) is 4.74 Å². The second kappa shape index (κ2) is 6.41. The molecule has 5 heteroatoms. The van der Waals surface area contributed by atoms with Crippen molar-refractivity contribution in [2.75, 3.05) is 25.5 Å². The van der Waals surface area contributed by atoms with Gasteiger partial charge in [-0.3, -0.25) is 9.59 Å². The molecule has 1 aromatic carbocycles. The van der Waals surface area contributed by atoms with E-state index in [0.717, 1.165) is 24.9 Å². The highest BCUT2D eigenvalue weighted by Gasteiger charge is 2.17. The maximum atomic E-state index is 12.1. The van der Waals surface area contributed by atoms with Gasteiger partial charge >= 0.3 is 0 Å². The van der Waals surface area contributed by atoms with Gasteiger partial charge in [0.05, 0.1) is 12.1 Å². The Morgan fingerprint density at radius 1 is 1.45 bits per heavy atom. The van der Waals surface area contributed by atoms with Gasteiger partial charge in [0, 0.05) is 13.6 Å². The quantitative estimate of drug-likeness (QED) is 0.892. The highest BCUT2D eigenvalue weighted by atomic mass is 16.5.